The van der Waals surface area contributed by atoms with Gasteiger partial charge in [-0.05, 0) is 134 Å². The first kappa shape index (κ1) is 70.7. The lowest BCUT2D eigenvalue weighted by Gasteiger charge is -2.33. The fraction of sp³-hybridized carbons (Fsp3) is 0.895. The summed E-state index contributed by atoms with van der Waals surface area (Å²) in [7, 11) is 0. The minimum absolute atomic E-state index is 0.0171. The first-order valence-electron chi connectivity index (χ1n) is 29.1. The zero-order valence-corrected chi connectivity index (χ0v) is 47.4. The van der Waals surface area contributed by atoms with Crippen molar-refractivity contribution in [3.05, 3.63) is 23.3 Å². The molecule has 20 atom stereocenters. The zero-order chi connectivity index (χ0) is 57.8. The van der Waals surface area contributed by atoms with Crippen molar-refractivity contribution >= 4 is 11.9 Å². The number of nitrogens with zero attached hydrogens (tertiary/aromatic N) is 1. The van der Waals surface area contributed by atoms with E-state index in [-0.39, 0.29) is 49.9 Å². The number of hydrogen-bond donors (Lipinski definition) is 15. The van der Waals surface area contributed by atoms with Crippen molar-refractivity contribution in [1.82, 2.24) is 0 Å². The van der Waals surface area contributed by atoms with Crippen LogP contribution in [0.3, 0.4) is 0 Å². The van der Waals surface area contributed by atoms with Gasteiger partial charge in [0.1, 0.15) is 30.5 Å². The average molecular weight is 1110 g/mol. The van der Waals surface area contributed by atoms with Crippen LogP contribution in [0, 0.1) is 23.7 Å². The van der Waals surface area contributed by atoms with Crippen LogP contribution in [0.25, 0.3) is 0 Å². The second-order valence-corrected chi connectivity index (χ2v) is 22.9. The van der Waals surface area contributed by atoms with Crippen LogP contribution in [-0.2, 0) is 19.0 Å². The number of rotatable bonds is 12. The number of cyclic esters (lactones) is 1. The molecule has 77 heavy (non-hydrogen) atoms. The van der Waals surface area contributed by atoms with E-state index >= 15 is 0 Å². The minimum atomic E-state index is -1.59. The maximum atomic E-state index is 14.2. The lowest BCUT2D eigenvalue weighted by molar-refractivity contribution is -0.202. The maximum Gasteiger partial charge on any atom is 0.311 e. The molecule has 2 rings (SSSR count). The van der Waals surface area contributed by atoms with Gasteiger partial charge in [0.2, 0.25) is 0 Å². The van der Waals surface area contributed by atoms with Crippen LogP contribution in [0.4, 0.5) is 0 Å². The summed E-state index contributed by atoms with van der Waals surface area (Å²) in [6.07, 6.45) is -5.23. The Labute approximate surface area is 459 Å². The van der Waals surface area contributed by atoms with Gasteiger partial charge in [-0.15, -0.1) is 0 Å². The predicted molar refractivity (Wildman–Crippen MR) is 294 cm³/mol. The van der Waals surface area contributed by atoms with Crippen molar-refractivity contribution in [2.45, 2.75) is 287 Å². The highest BCUT2D eigenvalue weighted by Gasteiger charge is 2.45. The number of hydrogen-bond acceptors (Lipinski definition) is 18. The third kappa shape index (κ3) is 27.8. The summed E-state index contributed by atoms with van der Waals surface area (Å²) < 4.78 is 17.7. The molecule has 0 aliphatic carbocycles. The maximum absolute atomic E-state index is 14.2. The quantitative estimate of drug-likeness (QED) is 0.0439. The zero-order valence-electron chi connectivity index (χ0n) is 47.4. The fourth-order valence-corrected chi connectivity index (χ4v) is 10.7. The standard InChI is InChI=1S/C57H107N3O17/c1-7-8-9-10-21-45-52(71)35(3)24-25-40(63)19-13-18-39(62)20-14-22-46(68)36(4)28-49(76-56-54(73)53(72)50(33-61)77-56)47(69)32-44(67)31-43(66)30-42(65)29-41(64)17-12-11-16-34(2)27-37(5)51(70)38(6)48(75-55(45)74)23-15-26-60-57(58)59/h27-28,35,37-54,56,61-73H,7-26,29-33H2,1-6H3,(H4,58,59,60)/t35?,37?,38?,39?,40?,41?,42?,43?,44?,45?,46?,47?,48?,49?,50-,51?,52?,53-,54+,56?/m1/s1. The number of carbonyl (C=O) groups excluding carboxylic acids is 1. The van der Waals surface area contributed by atoms with Crippen LogP contribution in [0.5, 0.6) is 0 Å². The van der Waals surface area contributed by atoms with E-state index in [1.54, 1.807) is 6.92 Å². The Morgan fingerprint density at radius 1 is 0.636 bits per heavy atom. The first-order valence-corrected chi connectivity index (χ1v) is 29.1. The van der Waals surface area contributed by atoms with Crippen LogP contribution in [0.1, 0.15) is 189 Å². The van der Waals surface area contributed by atoms with Gasteiger partial charge >= 0.3 is 5.97 Å². The SMILES string of the molecule is CCCCCCC1C(=O)OC(CCCN=C(N)N)C(C)C(O)C(C)C=C(C)CCCCC(O)CC(O)CC(O)CC(O)CC(O)C(OC2O[C@H](CO)[C@@H](O)[C@@H]2O)C=C(C)C(O)CCCC(O)CCCC(O)CCC(C)C1O. The number of aliphatic hydroxyl groups is 13. The molecule has 0 spiro atoms. The Kier molecular flexibility index (Phi) is 35.2. The smallest absolute Gasteiger partial charge is 0.311 e. The second kappa shape index (κ2) is 38.3. The van der Waals surface area contributed by atoms with Crippen LogP contribution in [0.2, 0.25) is 0 Å². The van der Waals surface area contributed by atoms with E-state index in [2.05, 4.69) is 11.9 Å². The summed E-state index contributed by atoms with van der Waals surface area (Å²) in [5, 5.41) is 142. The molecule has 2 heterocycles. The number of carbonyl (C=O) groups is 1. The molecule has 2 aliphatic heterocycles. The number of allylic oxidation sites excluding steroid dienone is 1. The van der Waals surface area contributed by atoms with E-state index in [0.29, 0.717) is 108 Å². The van der Waals surface area contributed by atoms with Gasteiger partial charge in [-0.3, -0.25) is 9.79 Å². The molecule has 17 N–H and O–H groups in total. The number of aliphatic hydroxyl groups excluding tert-OH is 13. The summed E-state index contributed by atoms with van der Waals surface area (Å²) >= 11 is 0. The second-order valence-electron chi connectivity index (χ2n) is 22.9. The fourth-order valence-electron chi connectivity index (χ4n) is 10.7. The van der Waals surface area contributed by atoms with Crippen LogP contribution < -0.4 is 11.5 Å². The monoisotopic (exact) mass is 1110 g/mol. The predicted octanol–water partition coefficient (Wildman–Crippen LogP) is 3.03. The van der Waals surface area contributed by atoms with Crippen molar-refractivity contribution in [2.24, 2.45) is 40.1 Å². The number of aliphatic imine (C=N–C) groups is 1. The molecule has 1 saturated heterocycles. The number of nitrogens with two attached hydrogens (primary N) is 2. The highest BCUT2D eigenvalue weighted by molar-refractivity contribution is 5.75. The van der Waals surface area contributed by atoms with Crippen molar-refractivity contribution in [3.8, 4) is 0 Å². The van der Waals surface area contributed by atoms with E-state index in [9.17, 15) is 71.2 Å². The summed E-state index contributed by atoms with van der Waals surface area (Å²) in [4.78, 5) is 18.3. The van der Waals surface area contributed by atoms with E-state index in [4.69, 9.17) is 25.7 Å². The van der Waals surface area contributed by atoms with E-state index < -0.39 is 122 Å². The lowest BCUT2D eigenvalue weighted by Crippen LogP contribution is -2.41. The summed E-state index contributed by atoms with van der Waals surface area (Å²) in [6.45, 7) is 10.9. The Balaban J connectivity index is 2.34. The van der Waals surface area contributed by atoms with Gasteiger partial charge in [0.25, 0.3) is 0 Å². The van der Waals surface area contributed by atoms with Crippen LogP contribution in [-0.4, -0.2) is 189 Å². The van der Waals surface area contributed by atoms with E-state index in [0.717, 1.165) is 24.8 Å². The van der Waals surface area contributed by atoms with E-state index in [1.165, 1.54) is 6.08 Å². The van der Waals surface area contributed by atoms with Gasteiger partial charge in [0, 0.05) is 24.8 Å². The molecule has 0 saturated carbocycles. The highest BCUT2D eigenvalue weighted by atomic mass is 16.7. The minimum Gasteiger partial charge on any atom is -0.462 e. The molecule has 0 aromatic heterocycles. The molecule has 0 bridgehead atoms. The normalized spacial score (nSPS) is 38.1. The molecule has 0 amide bonds. The average Bonchev–Trinajstić information content (AvgIpc) is 3.64. The Morgan fingerprint density at radius 3 is 1.84 bits per heavy atom. The van der Waals surface area contributed by atoms with Gasteiger partial charge in [-0.25, -0.2) is 0 Å². The van der Waals surface area contributed by atoms with Crippen LogP contribution >= 0.6 is 0 Å². The third-order valence-electron chi connectivity index (χ3n) is 15.8. The number of guanidine groups is 1. The van der Waals surface area contributed by atoms with Gasteiger partial charge in [0.15, 0.2) is 12.2 Å². The van der Waals surface area contributed by atoms with Crippen LogP contribution in [0.15, 0.2) is 28.3 Å². The Morgan fingerprint density at radius 2 is 1.23 bits per heavy atom. The van der Waals surface area contributed by atoms with Gasteiger partial charge in [-0.2, -0.15) is 0 Å². The Hall–Kier alpha value is -2.38. The Bertz CT molecular complexity index is 1670. The van der Waals surface area contributed by atoms with Gasteiger partial charge < -0.3 is 92.1 Å². The third-order valence-corrected chi connectivity index (χ3v) is 15.8. The van der Waals surface area contributed by atoms with Crippen molar-refractivity contribution in [2.75, 3.05) is 13.2 Å². The van der Waals surface area contributed by atoms with Crippen molar-refractivity contribution in [3.63, 3.8) is 0 Å². The summed E-state index contributed by atoms with van der Waals surface area (Å²) in [5.74, 6) is -2.62. The molecule has 17 unspecified atom stereocenters. The molecule has 0 aromatic carbocycles. The van der Waals surface area contributed by atoms with Crippen molar-refractivity contribution in [1.29, 1.82) is 0 Å². The molecule has 20 heteroatoms. The number of ether oxygens (including phenoxy) is 3. The molecule has 2 aliphatic rings. The summed E-state index contributed by atoms with van der Waals surface area (Å²) in [5.41, 5.74) is 12.5. The summed E-state index contributed by atoms with van der Waals surface area (Å²) in [6, 6.07) is 0. The van der Waals surface area contributed by atoms with Gasteiger partial charge in [0.05, 0.1) is 73.6 Å². The number of unbranched alkanes of at least 4 members (excludes halogenated alkanes) is 3. The molecular formula is C57H107N3O17. The van der Waals surface area contributed by atoms with Crippen molar-refractivity contribution < 1.29 is 85.4 Å². The molecule has 0 radical (unpaired) electrons. The highest BCUT2D eigenvalue weighted by Crippen LogP contribution is 2.31. The molecule has 0 aromatic rings. The lowest BCUT2D eigenvalue weighted by atomic mass is 9.84. The molecule has 452 valence electrons. The first-order chi connectivity index (χ1) is 36.4. The van der Waals surface area contributed by atoms with Gasteiger partial charge in [-0.1, -0.05) is 77.5 Å². The topological polar surface area (TPSA) is 372 Å². The largest absolute Gasteiger partial charge is 0.462 e. The molecule has 20 nitrogen and oxygen atoms in total. The molecule has 1 fully saturated rings. The van der Waals surface area contributed by atoms with E-state index in [1.807, 2.05) is 33.8 Å². The number of esters is 1. The molecular weight excluding hydrogens is 999 g/mol.